The van der Waals surface area contributed by atoms with Crippen molar-refractivity contribution in [3.8, 4) is 0 Å². The number of aliphatic carboxylic acids is 1. The van der Waals surface area contributed by atoms with Crippen LogP contribution in [-0.2, 0) is 16.1 Å². The first-order valence-electron chi connectivity index (χ1n) is 6.78. The molecule has 0 aliphatic carbocycles. The van der Waals surface area contributed by atoms with Crippen molar-refractivity contribution in [2.45, 2.75) is 25.2 Å². The van der Waals surface area contributed by atoms with Crippen molar-refractivity contribution >= 4 is 16.7 Å². The van der Waals surface area contributed by atoms with Gasteiger partial charge in [0.05, 0.1) is 12.7 Å². The molecule has 0 spiro atoms. The second-order valence-electron chi connectivity index (χ2n) is 5.15. The van der Waals surface area contributed by atoms with Gasteiger partial charge < -0.3 is 15.2 Å². The number of benzene rings is 2. The minimum Gasteiger partial charge on any atom is -0.480 e. The number of carbonyl (C=O) groups is 1. The maximum Gasteiger partial charge on any atom is 0.320 e. The van der Waals surface area contributed by atoms with E-state index in [2.05, 4.69) is 35.6 Å². The summed E-state index contributed by atoms with van der Waals surface area (Å²) in [5.74, 6) is -0.804. The topological polar surface area (TPSA) is 58.6 Å². The lowest BCUT2D eigenvalue weighted by atomic mass is 10.1. The van der Waals surface area contributed by atoms with E-state index in [0.29, 0.717) is 19.6 Å². The maximum absolute atomic E-state index is 10.8. The van der Waals surface area contributed by atoms with Gasteiger partial charge in [-0.25, -0.2) is 0 Å². The van der Waals surface area contributed by atoms with E-state index in [1.165, 1.54) is 10.8 Å². The molecular formula is C16H17NO3. The van der Waals surface area contributed by atoms with Crippen LogP contribution in [0.15, 0.2) is 42.5 Å². The predicted octanol–water partition coefficient (Wildman–Crippen LogP) is 2.17. The lowest BCUT2D eigenvalue weighted by Crippen LogP contribution is -2.29. The molecule has 1 aliphatic rings. The molecule has 104 valence electrons. The molecule has 1 aliphatic heterocycles. The van der Waals surface area contributed by atoms with E-state index < -0.39 is 12.0 Å². The Labute approximate surface area is 117 Å². The second kappa shape index (κ2) is 5.61. The zero-order chi connectivity index (χ0) is 13.9. The fraction of sp³-hybridized carbons (Fsp3) is 0.312. The summed E-state index contributed by atoms with van der Waals surface area (Å²) in [6.07, 6.45) is 0.505. The average molecular weight is 271 g/mol. The van der Waals surface area contributed by atoms with Crippen LogP contribution < -0.4 is 5.32 Å². The number of hydrogen-bond donors (Lipinski definition) is 2. The maximum atomic E-state index is 10.8. The molecule has 3 rings (SSSR count). The molecule has 0 amide bonds. The van der Waals surface area contributed by atoms with Gasteiger partial charge in [-0.15, -0.1) is 0 Å². The summed E-state index contributed by atoms with van der Waals surface area (Å²) in [6, 6.07) is 14.0. The van der Waals surface area contributed by atoms with E-state index in [9.17, 15) is 4.79 Å². The van der Waals surface area contributed by atoms with Gasteiger partial charge in [-0.05, 0) is 22.4 Å². The Hall–Kier alpha value is -1.91. The molecule has 1 fully saturated rings. The minimum atomic E-state index is -0.804. The minimum absolute atomic E-state index is 0.0254. The zero-order valence-corrected chi connectivity index (χ0v) is 11.1. The van der Waals surface area contributed by atoms with Gasteiger partial charge in [0.1, 0.15) is 6.04 Å². The van der Waals surface area contributed by atoms with Gasteiger partial charge in [0, 0.05) is 13.0 Å². The van der Waals surface area contributed by atoms with Crippen LogP contribution in [0.25, 0.3) is 10.8 Å². The van der Waals surface area contributed by atoms with Gasteiger partial charge in [0.15, 0.2) is 0 Å². The quantitative estimate of drug-likeness (QED) is 0.894. The fourth-order valence-electron chi connectivity index (χ4n) is 2.56. The van der Waals surface area contributed by atoms with Crippen molar-refractivity contribution in [2.24, 2.45) is 0 Å². The first-order valence-corrected chi connectivity index (χ1v) is 6.78. The van der Waals surface area contributed by atoms with Crippen molar-refractivity contribution in [1.29, 1.82) is 0 Å². The number of carboxylic acid groups (broad SMARTS) is 1. The molecule has 4 heteroatoms. The molecule has 1 saturated heterocycles. The lowest BCUT2D eigenvalue weighted by Gasteiger charge is -2.11. The fourth-order valence-corrected chi connectivity index (χ4v) is 2.56. The molecule has 0 radical (unpaired) electrons. The van der Waals surface area contributed by atoms with Crippen LogP contribution in [0.4, 0.5) is 0 Å². The Morgan fingerprint density at radius 2 is 2.05 bits per heavy atom. The van der Waals surface area contributed by atoms with Gasteiger partial charge in [-0.1, -0.05) is 36.4 Å². The summed E-state index contributed by atoms with van der Waals surface area (Å²) in [5, 5.41) is 14.3. The zero-order valence-electron chi connectivity index (χ0n) is 11.1. The van der Waals surface area contributed by atoms with E-state index in [4.69, 9.17) is 9.84 Å². The van der Waals surface area contributed by atoms with Gasteiger partial charge in [0.2, 0.25) is 0 Å². The van der Waals surface area contributed by atoms with E-state index in [1.807, 2.05) is 12.1 Å². The molecular weight excluding hydrogens is 254 g/mol. The molecule has 2 atom stereocenters. The number of hydrogen-bond acceptors (Lipinski definition) is 3. The molecule has 2 N–H and O–H groups in total. The van der Waals surface area contributed by atoms with Crippen molar-refractivity contribution in [2.75, 3.05) is 6.54 Å². The Kier molecular flexibility index (Phi) is 3.67. The highest BCUT2D eigenvalue weighted by atomic mass is 16.5. The van der Waals surface area contributed by atoms with Crippen LogP contribution in [0.2, 0.25) is 0 Å². The third kappa shape index (κ3) is 2.81. The monoisotopic (exact) mass is 271 g/mol. The van der Waals surface area contributed by atoms with E-state index in [0.717, 1.165) is 5.56 Å². The first-order chi connectivity index (χ1) is 9.72. The summed E-state index contributed by atoms with van der Waals surface area (Å²) >= 11 is 0. The summed E-state index contributed by atoms with van der Waals surface area (Å²) < 4.78 is 5.79. The van der Waals surface area contributed by atoms with E-state index in [1.54, 1.807) is 0 Å². The van der Waals surface area contributed by atoms with Crippen molar-refractivity contribution in [3.63, 3.8) is 0 Å². The van der Waals surface area contributed by atoms with Crippen LogP contribution in [0.1, 0.15) is 12.0 Å². The molecule has 1 heterocycles. The smallest absolute Gasteiger partial charge is 0.320 e. The molecule has 1 unspecified atom stereocenters. The number of nitrogens with one attached hydrogen (secondary N) is 1. The third-order valence-corrected chi connectivity index (χ3v) is 3.69. The van der Waals surface area contributed by atoms with Gasteiger partial charge in [-0.2, -0.15) is 0 Å². The lowest BCUT2D eigenvalue weighted by molar-refractivity contribution is -0.139. The van der Waals surface area contributed by atoms with Crippen LogP contribution in [0, 0.1) is 0 Å². The van der Waals surface area contributed by atoms with E-state index in [-0.39, 0.29) is 6.10 Å². The SMILES string of the molecule is O=C(O)C1C[C@@H](OCc2ccc3ccccc3c2)CN1. The standard InChI is InChI=1S/C16H17NO3/c18-16(19)15-8-14(9-17-15)20-10-11-5-6-12-3-1-2-4-13(12)7-11/h1-7,14-15,17H,8-10H2,(H,18,19)/t14-,15?/m1/s1. The summed E-state index contributed by atoms with van der Waals surface area (Å²) in [4.78, 5) is 10.8. The Morgan fingerprint density at radius 1 is 1.25 bits per heavy atom. The van der Waals surface area contributed by atoms with Crippen LogP contribution in [0.5, 0.6) is 0 Å². The Bertz CT molecular complexity index is 626. The summed E-state index contributed by atoms with van der Waals surface area (Å²) in [7, 11) is 0. The summed E-state index contributed by atoms with van der Waals surface area (Å²) in [6.45, 7) is 1.12. The van der Waals surface area contributed by atoms with Gasteiger partial charge in [-0.3, -0.25) is 4.79 Å². The second-order valence-corrected chi connectivity index (χ2v) is 5.15. The highest BCUT2D eigenvalue weighted by molar-refractivity contribution is 5.82. The molecule has 2 aromatic rings. The number of ether oxygens (including phenoxy) is 1. The van der Waals surface area contributed by atoms with Crippen LogP contribution in [0.3, 0.4) is 0 Å². The predicted molar refractivity (Wildman–Crippen MR) is 76.6 cm³/mol. The number of fused-ring (bicyclic) bond motifs is 1. The Balaban J connectivity index is 1.61. The van der Waals surface area contributed by atoms with Crippen LogP contribution in [-0.4, -0.2) is 29.8 Å². The largest absolute Gasteiger partial charge is 0.480 e. The normalized spacial score (nSPS) is 22.2. The third-order valence-electron chi connectivity index (χ3n) is 3.69. The average Bonchev–Trinajstić information content (AvgIpc) is 2.94. The molecule has 4 nitrogen and oxygen atoms in total. The highest BCUT2D eigenvalue weighted by Gasteiger charge is 2.29. The first kappa shape index (κ1) is 13.1. The van der Waals surface area contributed by atoms with Gasteiger partial charge >= 0.3 is 5.97 Å². The molecule has 20 heavy (non-hydrogen) atoms. The van der Waals surface area contributed by atoms with Crippen molar-refractivity contribution in [3.05, 3.63) is 48.0 Å². The van der Waals surface area contributed by atoms with Gasteiger partial charge in [0.25, 0.3) is 0 Å². The highest BCUT2D eigenvalue weighted by Crippen LogP contribution is 2.18. The van der Waals surface area contributed by atoms with Crippen molar-refractivity contribution < 1.29 is 14.6 Å². The van der Waals surface area contributed by atoms with E-state index >= 15 is 0 Å². The van der Waals surface area contributed by atoms with Crippen LogP contribution >= 0.6 is 0 Å². The molecule has 2 aromatic carbocycles. The Morgan fingerprint density at radius 3 is 2.80 bits per heavy atom. The molecule has 0 aromatic heterocycles. The molecule has 0 saturated carbocycles. The summed E-state index contributed by atoms with van der Waals surface area (Å²) in [5.41, 5.74) is 1.11. The number of carboxylic acids is 1. The van der Waals surface area contributed by atoms with Crippen molar-refractivity contribution in [1.82, 2.24) is 5.32 Å². The number of rotatable bonds is 4. The molecule has 0 bridgehead atoms.